The van der Waals surface area contributed by atoms with Crippen LogP contribution in [0.5, 0.6) is 5.75 Å². The Morgan fingerprint density at radius 3 is 2.58 bits per heavy atom. The number of imidazole rings is 1. The number of carbonyl (C=O) groups excluding carboxylic acids is 1. The highest BCUT2D eigenvalue weighted by atomic mass is 32.2. The second-order valence-electron chi connectivity index (χ2n) is 5.94. The first-order valence-corrected chi connectivity index (χ1v) is 9.82. The molecule has 0 aliphatic rings. The molecule has 0 unspecified atom stereocenters. The maximum atomic E-state index is 12.1. The van der Waals surface area contributed by atoms with Gasteiger partial charge in [0.2, 0.25) is 5.91 Å². The van der Waals surface area contributed by atoms with Gasteiger partial charge in [-0.25, -0.2) is 13.4 Å². The van der Waals surface area contributed by atoms with Crippen LogP contribution in [0.15, 0.2) is 47.4 Å². The zero-order chi connectivity index (χ0) is 18.7. The molecule has 26 heavy (non-hydrogen) atoms. The first-order valence-electron chi connectivity index (χ1n) is 7.93. The van der Waals surface area contributed by atoms with Crippen LogP contribution in [0.25, 0.3) is 11.0 Å². The van der Waals surface area contributed by atoms with Crippen molar-refractivity contribution in [2.75, 3.05) is 13.4 Å². The predicted octanol–water partition coefficient (Wildman–Crippen LogP) is 1.83. The van der Waals surface area contributed by atoms with Gasteiger partial charge >= 0.3 is 0 Å². The summed E-state index contributed by atoms with van der Waals surface area (Å²) in [5.74, 6) is 1.21. The zero-order valence-electron chi connectivity index (χ0n) is 14.4. The predicted molar refractivity (Wildman–Crippen MR) is 97.7 cm³/mol. The van der Waals surface area contributed by atoms with Crippen molar-refractivity contribution < 1.29 is 17.9 Å². The molecule has 0 aliphatic carbocycles. The van der Waals surface area contributed by atoms with E-state index in [9.17, 15) is 13.2 Å². The van der Waals surface area contributed by atoms with E-state index in [0.29, 0.717) is 5.82 Å². The van der Waals surface area contributed by atoms with E-state index in [-0.39, 0.29) is 23.8 Å². The molecule has 1 aromatic heterocycles. The highest BCUT2D eigenvalue weighted by Crippen LogP contribution is 2.18. The Hall–Kier alpha value is -2.87. The summed E-state index contributed by atoms with van der Waals surface area (Å²) >= 11 is 0. The molecule has 0 bridgehead atoms. The van der Waals surface area contributed by atoms with Gasteiger partial charge in [0.25, 0.3) is 0 Å². The van der Waals surface area contributed by atoms with E-state index in [2.05, 4.69) is 15.3 Å². The van der Waals surface area contributed by atoms with E-state index in [4.69, 9.17) is 4.74 Å². The summed E-state index contributed by atoms with van der Waals surface area (Å²) in [6, 6.07) is 11.8. The van der Waals surface area contributed by atoms with Crippen LogP contribution in [0, 0.1) is 0 Å². The molecule has 0 fully saturated rings. The van der Waals surface area contributed by atoms with Crippen molar-refractivity contribution in [3.63, 3.8) is 0 Å². The van der Waals surface area contributed by atoms with Gasteiger partial charge in [-0.05, 0) is 29.8 Å². The van der Waals surface area contributed by atoms with Crippen LogP contribution in [0.3, 0.4) is 0 Å². The first-order chi connectivity index (χ1) is 12.3. The van der Waals surface area contributed by atoms with Gasteiger partial charge in [-0.15, -0.1) is 0 Å². The SMILES string of the molecule is COc1ccc2nc(CNC(=O)Cc3ccc(S(C)(=O)=O)cc3)[nH]c2c1. The van der Waals surface area contributed by atoms with Gasteiger partial charge in [-0.3, -0.25) is 4.79 Å². The van der Waals surface area contributed by atoms with Crippen LogP contribution in [0.4, 0.5) is 0 Å². The third-order valence-electron chi connectivity index (χ3n) is 3.91. The van der Waals surface area contributed by atoms with Crippen molar-refractivity contribution in [3.05, 3.63) is 53.9 Å². The van der Waals surface area contributed by atoms with E-state index in [1.807, 2.05) is 18.2 Å². The molecule has 3 rings (SSSR count). The largest absolute Gasteiger partial charge is 0.497 e. The number of aromatic nitrogens is 2. The Morgan fingerprint density at radius 1 is 1.19 bits per heavy atom. The van der Waals surface area contributed by atoms with Gasteiger partial charge in [-0.1, -0.05) is 12.1 Å². The van der Waals surface area contributed by atoms with Crippen molar-refractivity contribution in [1.29, 1.82) is 0 Å². The molecule has 7 nitrogen and oxygen atoms in total. The Balaban J connectivity index is 1.60. The van der Waals surface area contributed by atoms with Gasteiger partial charge in [0, 0.05) is 12.3 Å². The second kappa shape index (κ2) is 7.17. The fraction of sp³-hybridized carbons (Fsp3) is 0.222. The van der Waals surface area contributed by atoms with Crippen LogP contribution in [0.1, 0.15) is 11.4 Å². The fourth-order valence-electron chi connectivity index (χ4n) is 2.54. The number of rotatable bonds is 6. The number of ether oxygens (including phenoxy) is 1. The van der Waals surface area contributed by atoms with Crippen molar-refractivity contribution in [1.82, 2.24) is 15.3 Å². The maximum Gasteiger partial charge on any atom is 0.224 e. The summed E-state index contributed by atoms with van der Waals surface area (Å²) in [5.41, 5.74) is 2.38. The molecular weight excluding hydrogens is 354 g/mol. The summed E-state index contributed by atoms with van der Waals surface area (Å²) in [5, 5.41) is 2.80. The number of nitrogens with zero attached hydrogens (tertiary/aromatic N) is 1. The van der Waals surface area contributed by atoms with Crippen LogP contribution >= 0.6 is 0 Å². The number of nitrogens with one attached hydrogen (secondary N) is 2. The van der Waals surface area contributed by atoms with E-state index in [0.717, 1.165) is 28.6 Å². The number of hydrogen-bond acceptors (Lipinski definition) is 5. The van der Waals surface area contributed by atoms with E-state index < -0.39 is 9.84 Å². The van der Waals surface area contributed by atoms with Crippen LogP contribution < -0.4 is 10.1 Å². The molecular formula is C18H19N3O4S. The number of fused-ring (bicyclic) bond motifs is 1. The Bertz CT molecular complexity index is 1040. The van der Waals surface area contributed by atoms with Crippen LogP contribution in [-0.2, 0) is 27.6 Å². The van der Waals surface area contributed by atoms with Crippen LogP contribution in [-0.4, -0.2) is 37.7 Å². The number of amides is 1. The average Bonchev–Trinajstić information content (AvgIpc) is 3.01. The van der Waals surface area contributed by atoms with Crippen molar-refractivity contribution in [3.8, 4) is 5.75 Å². The molecule has 3 aromatic rings. The number of benzene rings is 2. The molecule has 0 radical (unpaired) electrons. The third kappa shape index (κ3) is 4.20. The number of hydrogen-bond donors (Lipinski definition) is 2. The molecule has 1 heterocycles. The molecule has 0 aliphatic heterocycles. The topological polar surface area (TPSA) is 101 Å². The summed E-state index contributed by atoms with van der Waals surface area (Å²) < 4.78 is 28.1. The van der Waals surface area contributed by atoms with Gasteiger partial charge in [0.05, 0.1) is 36.0 Å². The highest BCUT2D eigenvalue weighted by Gasteiger charge is 2.09. The van der Waals surface area contributed by atoms with E-state index in [1.54, 1.807) is 19.2 Å². The molecule has 0 spiro atoms. The normalized spacial score (nSPS) is 11.5. The zero-order valence-corrected chi connectivity index (χ0v) is 15.3. The lowest BCUT2D eigenvalue weighted by atomic mass is 10.1. The number of carbonyl (C=O) groups is 1. The number of sulfone groups is 1. The fourth-order valence-corrected chi connectivity index (χ4v) is 3.17. The smallest absolute Gasteiger partial charge is 0.224 e. The molecule has 2 aromatic carbocycles. The highest BCUT2D eigenvalue weighted by molar-refractivity contribution is 7.90. The lowest BCUT2D eigenvalue weighted by Crippen LogP contribution is -2.25. The molecule has 8 heteroatoms. The van der Waals surface area contributed by atoms with E-state index in [1.165, 1.54) is 12.1 Å². The molecule has 1 amide bonds. The number of H-pyrrole nitrogens is 1. The monoisotopic (exact) mass is 373 g/mol. The lowest BCUT2D eigenvalue weighted by molar-refractivity contribution is -0.120. The maximum absolute atomic E-state index is 12.1. The summed E-state index contributed by atoms with van der Waals surface area (Å²) in [6.45, 7) is 0.275. The Labute approximate surface area is 151 Å². The lowest BCUT2D eigenvalue weighted by Gasteiger charge is -2.04. The summed E-state index contributed by atoms with van der Waals surface area (Å²) in [6.07, 6.45) is 1.32. The van der Waals surface area contributed by atoms with Gasteiger partial charge < -0.3 is 15.0 Å². The molecule has 0 saturated heterocycles. The first kappa shape index (κ1) is 17.9. The Morgan fingerprint density at radius 2 is 1.92 bits per heavy atom. The molecule has 0 atom stereocenters. The van der Waals surface area contributed by atoms with Crippen molar-refractivity contribution in [2.24, 2.45) is 0 Å². The Kier molecular flexibility index (Phi) is 4.94. The molecule has 2 N–H and O–H groups in total. The van der Waals surface area contributed by atoms with Crippen LogP contribution in [0.2, 0.25) is 0 Å². The summed E-state index contributed by atoms with van der Waals surface area (Å²) in [4.78, 5) is 19.9. The molecule has 136 valence electrons. The standard InChI is InChI=1S/C18H19N3O4S/c1-25-13-5-8-15-16(10-13)21-17(20-15)11-19-18(22)9-12-3-6-14(7-4-12)26(2,23)24/h3-8,10H,9,11H2,1-2H3,(H,19,22)(H,20,21). The van der Waals surface area contributed by atoms with Gasteiger partial charge in [0.1, 0.15) is 11.6 Å². The minimum atomic E-state index is -3.23. The van der Waals surface area contributed by atoms with Gasteiger partial charge in [-0.2, -0.15) is 0 Å². The second-order valence-corrected chi connectivity index (χ2v) is 7.95. The van der Waals surface area contributed by atoms with E-state index >= 15 is 0 Å². The minimum Gasteiger partial charge on any atom is -0.497 e. The average molecular weight is 373 g/mol. The number of aromatic amines is 1. The molecule has 0 saturated carbocycles. The summed E-state index contributed by atoms with van der Waals surface area (Å²) in [7, 11) is -1.64. The number of methoxy groups -OCH3 is 1. The van der Waals surface area contributed by atoms with Crippen molar-refractivity contribution in [2.45, 2.75) is 17.9 Å². The quantitative estimate of drug-likeness (QED) is 0.686. The minimum absolute atomic E-state index is 0.165. The third-order valence-corrected chi connectivity index (χ3v) is 5.04. The van der Waals surface area contributed by atoms with Gasteiger partial charge in [0.15, 0.2) is 9.84 Å². The van der Waals surface area contributed by atoms with Crippen molar-refractivity contribution >= 4 is 26.8 Å².